The molecule has 0 rings (SSSR count). The maximum absolute atomic E-state index is 10.1. The van der Waals surface area contributed by atoms with Crippen molar-refractivity contribution in [2.24, 2.45) is 0 Å². The highest BCUT2D eigenvalue weighted by molar-refractivity contribution is 5.72. The van der Waals surface area contributed by atoms with E-state index in [4.69, 9.17) is 0 Å². The second kappa shape index (κ2) is 4.59. The van der Waals surface area contributed by atoms with Gasteiger partial charge in [-0.2, -0.15) is 0 Å². The fourth-order valence-corrected chi connectivity index (χ4v) is 0.325. The molecule has 0 spiro atoms. The summed E-state index contributed by atoms with van der Waals surface area (Å²) in [6, 6.07) is 0. The Kier molecular flexibility index (Phi) is 4.26. The molecule has 1 N–H and O–H groups in total. The number of carbonyl (C=O) groups is 1. The number of nitrogens with one attached hydrogen (secondary N) is 1. The van der Waals surface area contributed by atoms with E-state index in [9.17, 15) is 4.79 Å². The first-order chi connectivity index (χ1) is 3.77. The first-order valence-electron chi connectivity index (χ1n) is 2.60. The Morgan fingerprint density at radius 2 is 2.38 bits per heavy atom. The van der Waals surface area contributed by atoms with Crippen molar-refractivity contribution in [1.29, 1.82) is 0 Å². The van der Waals surface area contributed by atoms with Crippen LogP contribution in [0.2, 0.25) is 0 Å². The van der Waals surface area contributed by atoms with E-state index in [1.54, 1.807) is 0 Å². The van der Waals surface area contributed by atoms with Gasteiger partial charge in [0, 0.05) is 13.5 Å². The van der Waals surface area contributed by atoms with E-state index in [0.717, 1.165) is 6.54 Å². The van der Waals surface area contributed by atoms with Gasteiger partial charge >= 0.3 is 0 Å². The summed E-state index contributed by atoms with van der Waals surface area (Å²) in [4.78, 5) is 10.1. The van der Waals surface area contributed by atoms with Crippen LogP contribution in [0, 0.1) is 0 Å². The zero-order valence-electron chi connectivity index (χ0n) is 5.27. The van der Waals surface area contributed by atoms with Crippen LogP contribution in [0.4, 0.5) is 0 Å². The van der Waals surface area contributed by atoms with Crippen molar-refractivity contribution in [3.8, 4) is 0 Å². The Labute approximate surface area is 49.5 Å². The van der Waals surface area contributed by atoms with Gasteiger partial charge in [-0.15, -0.1) is 0 Å². The lowest BCUT2D eigenvalue weighted by Crippen LogP contribution is -2.22. The molecule has 0 aliphatic carbocycles. The van der Waals surface area contributed by atoms with Crippen LogP contribution in [-0.2, 0) is 4.79 Å². The van der Waals surface area contributed by atoms with E-state index >= 15 is 0 Å². The largest absolute Gasteiger partial charge is 0.318 e. The average molecular weight is 115 g/mol. The molecule has 1 radical (unpaired) electrons. The third kappa shape index (κ3) is 5.43. The van der Waals surface area contributed by atoms with Crippen LogP contribution in [0.25, 0.3) is 0 Å². The molecule has 0 atom stereocenters. The van der Waals surface area contributed by atoms with Crippen molar-refractivity contribution >= 4 is 5.91 Å². The Morgan fingerprint density at radius 1 is 1.75 bits per heavy atom. The van der Waals surface area contributed by atoms with Gasteiger partial charge in [0.25, 0.3) is 0 Å². The summed E-state index contributed by atoms with van der Waals surface area (Å²) >= 11 is 0. The van der Waals surface area contributed by atoms with Gasteiger partial charge in [-0.3, -0.25) is 10.1 Å². The highest BCUT2D eigenvalue weighted by Crippen LogP contribution is 1.61. The molecule has 0 aromatic heterocycles. The van der Waals surface area contributed by atoms with Gasteiger partial charge < -0.3 is 5.32 Å². The van der Waals surface area contributed by atoms with E-state index in [1.165, 1.54) is 6.92 Å². The first-order valence-corrected chi connectivity index (χ1v) is 2.60. The normalized spacial score (nSPS) is 8.75. The first kappa shape index (κ1) is 7.43. The van der Waals surface area contributed by atoms with Gasteiger partial charge in [0.15, 0.2) is 0 Å². The van der Waals surface area contributed by atoms with Gasteiger partial charge in [0.1, 0.15) is 0 Å². The van der Waals surface area contributed by atoms with Gasteiger partial charge in [0.2, 0.25) is 5.91 Å². The Hall–Kier alpha value is -0.570. The van der Waals surface area contributed by atoms with Crippen molar-refractivity contribution in [2.75, 3.05) is 20.1 Å². The average Bonchev–Trinajstić information content (AvgIpc) is 1.66. The highest BCUT2D eigenvalue weighted by Gasteiger charge is 1.88. The fraction of sp³-hybridized carbons (Fsp3) is 0.800. The van der Waals surface area contributed by atoms with Crippen LogP contribution in [0.15, 0.2) is 0 Å². The predicted octanol–water partition coefficient (Wildman–Crippen LogP) is -0.643. The minimum absolute atomic E-state index is 0.0970. The Morgan fingerprint density at radius 3 is 2.75 bits per heavy atom. The molecule has 0 unspecified atom stereocenters. The molecule has 0 fully saturated rings. The second-order valence-electron chi connectivity index (χ2n) is 1.50. The summed E-state index contributed by atoms with van der Waals surface area (Å²) in [5.41, 5.74) is 0. The van der Waals surface area contributed by atoms with E-state index in [2.05, 4.69) is 10.6 Å². The molecule has 3 heteroatoms. The fourth-order valence-electron chi connectivity index (χ4n) is 0.325. The molecule has 1 amide bonds. The molecular formula is C5H11N2O. The molecule has 0 saturated carbocycles. The molecule has 0 aromatic carbocycles. The molecule has 0 heterocycles. The number of carbonyl (C=O) groups excluding carboxylic acids is 1. The van der Waals surface area contributed by atoms with Crippen LogP contribution < -0.4 is 10.6 Å². The van der Waals surface area contributed by atoms with E-state index < -0.39 is 0 Å². The topological polar surface area (TPSA) is 43.2 Å². The number of hydrogen-bond acceptors (Lipinski definition) is 2. The lowest BCUT2D eigenvalue weighted by Gasteiger charge is -1.94. The van der Waals surface area contributed by atoms with Crippen molar-refractivity contribution in [3.63, 3.8) is 0 Å². The van der Waals surface area contributed by atoms with Crippen LogP contribution in [0.1, 0.15) is 6.92 Å². The van der Waals surface area contributed by atoms with Crippen molar-refractivity contribution in [3.05, 3.63) is 0 Å². The van der Waals surface area contributed by atoms with E-state index in [1.807, 2.05) is 7.05 Å². The second-order valence-corrected chi connectivity index (χ2v) is 1.50. The van der Waals surface area contributed by atoms with Gasteiger partial charge in [-0.05, 0) is 7.05 Å². The minimum Gasteiger partial charge on any atom is -0.318 e. The summed E-state index contributed by atoms with van der Waals surface area (Å²) < 4.78 is 0. The van der Waals surface area contributed by atoms with Gasteiger partial charge in [-0.25, -0.2) is 0 Å². The minimum atomic E-state index is -0.0970. The number of amides is 1. The Balaban J connectivity index is 2.82. The quantitative estimate of drug-likeness (QED) is 0.497. The summed E-state index contributed by atoms with van der Waals surface area (Å²) in [6.07, 6.45) is 0. The molecule has 47 valence electrons. The third-order valence-electron chi connectivity index (χ3n) is 0.696. The standard InChI is InChI=1S/C5H11N2O/c1-5(8)7-4-3-6-2/h6H,3-4H2,1-2H3. The van der Waals surface area contributed by atoms with E-state index in [-0.39, 0.29) is 5.91 Å². The van der Waals surface area contributed by atoms with Gasteiger partial charge in [0.05, 0.1) is 6.54 Å². The summed E-state index contributed by atoms with van der Waals surface area (Å²) in [6.45, 7) is 2.82. The molecular weight excluding hydrogens is 104 g/mol. The lowest BCUT2D eigenvalue weighted by molar-refractivity contribution is -0.119. The van der Waals surface area contributed by atoms with Crippen molar-refractivity contribution in [1.82, 2.24) is 10.6 Å². The monoisotopic (exact) mass is 115 g/mol. The SMILES string of the molecule is CNCC[N]C(C)=O. The predicted molar refractivity (Wildman–Crippen MR) is 31.6 cm³/mol. The molecule has 8 heavy (non-hydrogen) atoms. The molecule has 0 aromatic rings. The molecule has 3 nitrogen and oxygen atoms in total. The number of hydrogen-bond donors (Lipinski definition) is 1. The number of nitrogens with zero attached hydrogens (tertiary/aromatic N) is 1. The zero-order valence-corrected chi connectivity index (χ0v) is 5.27. The lowest BCUT2D eigenvalue weighted by atomic mass is 10.6. The summed E-state index contributed by atoms with van der Waals surface area (Å²) in [5.74, 6) is -0.0970. The van der Waals surface area contributed by atoms with Crippen LogP contribution in [0.5, 0.6) is 0 Å². The highest BCUT2D eigenvalue weighted by atomic mass is 16.1. The van der Waals surface area contributed by atoms with Crippen LogP contribution in [-0.4, -0.2) is 26.0 Å². The maximum Gasteiger partial charge on any atom is 0.238 e. The van der Waals surface area contributed by atoms with Gasteiger partial charge in [-0.1, -0.05) is 0 Å². The molecule has 0 aliphatic heterocycles. The number of rotatable bonds is 3. The smallest absolute Gasteiger partial charge is 0.238 e. The third-order valence-corrected chi connectivity index (χ3v) is 0.696. The van der Waals surface area contributed by atoms with Crippen molar-refractivity contribution in [2.45, 2.75) is 6.92 Å². The van der Waals surface area contributed by atoms with Crippen LogP contribution >= 0.6 is 0 Å². The summed E-state index contributed by atoms with van der Waals surface area (Å²) in [7, 11) is 1.83. The van der Waals surface area contributed by atoms with Crippen LogP contribution in [0.3, 0.4) is 0 Å². The summed E-state index contributed by atoms with van der Waals surface area (Å²) in [5, 5.41) is 6.49. The van der Waals surface area contributed by atoms with Crippen molar-refractivity contribution < 1.29 is 4.79 Å². The van der Waals surface area contributed by atoms with E-state index in [0.29, 0.717) is 6.54 Å². The molecule has 0 saturated heterocycles. The number of likely N-dealkylation sites (N-methyl/N-ethyl adjacent to an activating group) is 1. The molecule has 0 aliphatic rings. The molecule has 0 bridgehead atoms. The zero-order chi connectivity index (χ0) is 6.41. The Bertz CT molecular complexity index is 72.8. The maximum atomic E-state index is 10.1.